The van der Waals surface area contributed by atoms with E-state index in [1.165, 1.54) is 16.7 Å². The van der Waals surface area contributed by atoms with Gasteiger partial charge < -0.3 is 0 Å². The molecular formula is C28H36Si. The fraction of sp³-hybridized carbons (Fsp3) is 0.429. The molecule has 0 radical (unpaired) electrons. The van der Waals surface area contributed by atoms with Gasteiger partial charge in [-0.3, -0.25) is 0 Å². The van der Waals surface area contributed by atoms with Crippen LogP contribution in [0.5, 0.6) is 0 Å². The van der Waals surface area contributed by atoms with E-state index in [0.717, 1.165) is 6.42 Å². The molecule has 1 heteroatoms. The van der Waals surface area contributed by atoms with Crippen molar-refractivity contribution in [2.75, 3.05) is 0 Å². The van der Waals surface area contributed by atoms with Gasteiger partial charge in [-0.05, 0) is 76.6 Å². The van der Waals surface area contributed by atoms with Crippen LogP contribution in [-0.2, 0) is 6.42 Å². The number of hydrogen-bond acceptors (Lipinski definition) is 0. The number of hydrogen-bond donors (Lipinski definition) is 0. The maximum absolute atomic E-state index is 2.61. The molecule has 2 aliphatic rings. The van der Waals surface area contributed by atoms with E-state index in [9.17, 15) is 0 Å². The molecule has 0 spiro atoms. The summed E-state index contributed by atoms with van der Waals surface area (Å²) in [6.45, 7) is 19.3. The first-order valence-electron chi connectivity index (χ1n) is 11.3. The quantitative estimate of drug-likeness (QED) is 0.453. The van der Waals surface area contributed by atoms with Gasteiger partial charge in [0.05, 0.1) is 8.07 Å². The third kappa shape index (κ3) is 3.10. The second kappa shape index (κ2) is 7.13. The van der Waals surface area contributed by atoms with Crippen molar-refractivity contribution in [3.05, 3.63) is 81.1 Å². The minimum Gasteiger partial charge on any atom is -0.0758 e. The number of allylic oxidation sites excluding steroid dienone is 4. The Morgan fingerprint density at radius 3 is 2.03 bits per heavy atom. The molecule has 1 atom stereocenters. The van der Waals surface area contributed by atoms with Crippen LogP contribution in [0.2, 0.25) is 13.1 Å². The Bertz CT molecular complexity index is 1030. The van der Waals surface area contributed by atoms with E-state index in [0.29, 0.717) is 17.4 Å². The Kier molecular flexibility index (Phi) is 5.02. The third-order valence-corrected chi connectivity index (χ3v) is 11.6. The Labute approximate surface area is 178 Å². The standard InChI is InChI=1S/C28H36Si/c1-17(2)22-13-10-14-24-26(15-19(5)27(22)24)29(7,8)25-16-21-11-9-12-23(18(3)4)28(21)20(25)6/h9-15,17-18,26H,16H2,1-8H3. The fourth-order valence-electron chi connectivity index (χ4n) is 5.88. The van der Waals surface area contributed by atoms with Crippen LogP contribution in [0.15, 0.2) is 47.7 Å². The topological polar surface area (TPSA) is 0 Å². The van der Waals surface area contributed by atoms with Crippen molar-refractivity contribution < 1.29 is 0 Å². The predicted molar refractivity (Wildman–Crippen MR) is 131 cm³/mol. The first kappa shape index (κ1) is 20.4. The van der Waals surface area contributed by atoms with Gasteiger partial charge in [0.25, 0.3) is 0 Å². The second-order valence-electron chi connectivity index (χ2n) is 10.3. The molecule has 29 heavy (non-hydrogen) atoms. The monoisotopic (exact) mass is 400 g/mol. The molecule has 0 amide bonds. The van der Waals surface area contributed by atoms with Crippen LogP contribution in [0, 0.1) is 0 Å². The summed E-state index contributed by atoms with van der Waals surface area (Å²) in [5.74, 6) is 1.15. The van der Waals surface area contributed by atoms with Crippen LogP contribution in [0.3, 0.4) is 0 Å². The van der Waals surface area contributed by atoms with Gasteiger partial charge in [-0.15, -0.1) is 0 Å². The lowest BCUT2D eigenvalue weighted by molar-refractivity contribution is 0.860. The summed E-state index contributed by atoms with van der Waals surface area (Å²) in [5, 5.41) is 1.76. The molecular weight excluding hydrogens is 364 g/mol. The van der Waals surface area contributed by atoms with Gasteiger partial charge in [-0.1, -0.05) is 88.5 Å². The normalized spacial score (nSPS) is 18.6. The van der Waals surface area contributed by atoms with Gasteiger partial charge in [0.2, 0.25) is 0 Å². The van der Waals surface area contributed by atoms with Gasteiger partial charge in [0.1, 0.15) is 0 Å². The van der Waals surface area contributed by atoms with E-state index in [1.54, 1.807) is 33.0 Å². The average Bonchev–Trinajstić information content (AvgIpc) is 3.20. The molecule has 152 valence electrons. The average molecular weight is 401 g/mol. The van der Waals surface area contributed by atoms with E-state index >= 15 is 0 Å². The Balaban J connectivity index is 1.83. The summed E-state index contributed by atoms with van der Waals surface area (Å²) in [4.78, 5) is 0. The Hall–Kier alpha value is -1.86. The Morgan fingerprint density at radius 2 is 1.41 bits per heavy atom. The van der Waals surface area contributed by atoms with Crippen molar-refractivity contribution in [1.29, 1.82) is 0 Å². The zero-order valence-corrected chi connectivity index (χ0v) is 20.5. The van der Waals surface area contributed by atoms with Crippen molar-refractivity contribution in [3.8, 4) is 0 Å². The highest BCUT2D eigenvalue weighted by Gasteiger charge is 2.42. The molecule has 2 aliphatic carbocycles. The maximum atomic E-state index is 2.61. The van der Waals surface area contributed by atoms with Crippen molar-refractivity contribution in [3.63, 3.8) is 0 Å². The van der Waals surface area contributed by atoms with Gasteiger partial charge in [0, 0.05) is 5.54 Å². The highest BCUT2D eigenvalue weighted by Crippen LogP contribution is 2.50. The lowest BCUT2D eigenvalue weighted by atomic mass is 9.92. The van der Waals surface area contributed by atoms with Gasteiger partial charge in [-0.2, -0.15) is 0 Å². The van der Waals surface area contributed by atoms with E-state index in [-0.39, 0.29) is 0 Å². The molecule has 4 rings (SSSR count). The largest absolute Gasteiger partial charge is 0.0877 e. The predicted octanol–water partition coefficient (Wildman–Crippen LogP) is 8.25. The first-order chi connectivity index (χ1) is 13.6. The lowest BCUT2D eigenvalue weighted by Gasteiger charge is -2.32. The SMILES string of the molecule is CC1=CC([Si](C)(C)C2=C(C)c3c(cccc3C(C)C)C2)c2cccc(C(C)C)c21. The molecule has 0 aromatic heterocycles. The minimum atomic E-state index is -1.70. The van der Waals surface area contributed by atoms with Crippen molar-refractivity contribution in [2.24, 2.45) is 0 Å². The lowest BCUT2D eigenvalue weighted by Crippen LogP contribution is -2.37. The summed E-state index contributed by atoms with van der Waals surface area (Å²) in [6, 6.07) is 14.0. The van der Waals surface area contributed by atoms with E-state index in [1.807, 2.05) is 0 Å². The third-order valence-electron chi connectivity index (χ3n) is 7.45. The molecule has 2 aromatic carbocycles. The first-order valence-corrected chi connectivity index (χ1v) is 14.4. The highest BCUT2D eigenvalue weighted by atomic mass is 28.3. The summed E-state index contributed by atoms with van der Waals surface area (Å²) < 4.78 is 0. The van der Waals surface area contributed by atoms with Crippen molar-refractivity contribution in [1.82, 2.24) is 0 Å². The minimum absolute atomic E-state index is 0.571. The molecule has 0 fully saturated rings. The molecule has 2 aromatic rings. The van der Waals surface area contributed by atoms with E-state index in [2.05, 4.69) is 97.1 Å². The van der Waals surface area contributed by atoms with Crippen LogP contribution >= 0.6 is 0 Å². The van der Waals surface area contributed by atoms with Gasteiger partial charge >= 0.3 is 0 Å². The van der Waals surface area contributed by atoms with E-state index in [4.69, 9.17) is 0 Å². The molecule has 0 saturated heterocycles. The van der Waals surface area contributed by atoms with Gasteiger partial charge in [0.15, 0.2) is 0 Å². The van der Waals surface area contributed by atoms with Crippen LogP contribution in [0.4, 0.5) is 0 Å². The molecule has 0 saturated carbocycles. The van der Waals surface area contributed by atoms with Crippen LogP contribution in [0.1, 0.15) is 92.3 Å². The van der Waals surface area contributed by atoms with Crippen molar-refractivity contribution in [2.45, 2.75) is 78.4 Å². The molecule has 0 heterocycles. The zero-order chi connectivity index (χ0) is 21.1. The van der Waals surface area contributed by atoms with Crippen LogP contribution in [0.25, 0.3) is 11.1 Å². The van der Waals surface area contributed by atoms with E-state index < -0.39 is 8.07 Å². The number of rotatable bonds is 4. The summed E-state index contributed by atoms with van der Waals surface area (Å²) in [7, 11) is -1.70. The second-order valence-corrected chi connectivity index (χ2v) is 15.0. The molecule has 0 N–H and O–H groups in total. The fourth-order valence-corrected chi connectivity index (χ4v) is 9.68. The number of benzene rings is 2. The maximum Gasteiger partial charge on any atom is 0.0877 e. The van der Waals surface area contributed by atoms with Crippen molar-refractivity contribution >= 4 is 19.2 Å². The highest BCUT2D eigenvalue weighted by molar-refractivity contribution is 6.87. The van der Waals surface area contributed by atoms with Crippen LogP contribution < -0.4 is 0 Å². The van der Waals surface area contributed by atoms with Gasteiger partial charge in [-0.25, -0.2) is 0 Å². The molecule has 1 unspecified atom stereocenters. The smallest absolute Gasteiger partial charge is 0.0758 e. The zero-order valence-electron chi connectivity index (χ0n) is 19.5. The number of fused-ring (bicyclic) bond motifs is 2. The van der Waals surface area contributed by atoms with Crippen LogP contribution in [-0.4, -0.2) is 8.07 Å². The Morgan fingerprint density at radius 1 is 0.828 bits per heavy atom. The summed E-state index contributed by atoms with van der Waals surface area (Å²) >= 11 is 0. The summed E-state index contributed by atoms with van der Waals surface area (Å²) in [5.41, 5.74) is 13.0. The molecule has 0 nitrogen and oxygen atoms in total. The summed E-state index contributed by atoms with van der Waals surface area (Å²) in [6.07, 6.45) is 3.76. The molecule has 0 aliphatic heterocycles. The molecule has 0 bridgehead atoms.